The molecule has 0 amide bonds. The number of halogens is 1. The summed E-state index contributed by atoms with van der Waals surface area (Å²) < 4.78 is 6.74. The zero-order chi connectivity index (χ0) is 15.4. The molecule has 0 bridgehead atoms. The normalized spacial score (nSPS) is 10.4. The molecular formula is C15H15BrN2O3. The van der Waals surface area contributed by atoms with Crippen molar-refractivity contribution in [3.63, 3.8) is 0 Å². The molecule has 0 unspecified atom stereocenters. The zero-order valence-electron chi connectivity index (χ0n) is 11.7. The number of ether oxygens (including phenoxy) is 1. The summed E-state index contributed by atoms with van der Waals surface area (Å²) in [4.78, 5) is 10.3. The lowest BCUT2D eigenvalue weighted by molar-refractivity contribution is -0.384. The van der Waals surface area contributed by atoms with Gasteiger partial charge in [0, 0.05) is 23.2 Å². The van der Waals surface area contributed by atoms with Crippen LogP contribution in [-0.4, -0.2) is 12.0 Å². The van der Waals surface area contributed by atoms with Gasteiger partial charge in [0.2, 0.25) is 0 Å². The van der Waals surface area contributed by atoms with E-state index < -0.39 is 4.92 Å². The molecule has 110 valence electrons. The third-order valence-electron chi connectivity index (χ3n) is 2.99. The molecule has 0 spiro atoms. The first-order chi connectivity index (χ1) is 10.0. The minimum atomic E-state index is -0.417. The predicted octanol–water partition coefficient (Wildman–Crippen LogP) is 4.18. The summed E-state index contributed by atoms with van der Waals surface area (Å²) >= 11 is 3.50. The molecule has 2 aromatic rings. The second kappa shape index (κ2) is 6.69. The van der Waals surface area contributed by atoms with E-state index in [4.69, 9.17) is 4.74 Å². The van der Waals surface area contributed by atoms with Crippen molar-refractivity contribution in [2.75, 3.05) is 7.05 Å². The number of aryl methyl sites for hydroxylation is 1. The van der Waals surface area contributed by atoms with E-state index in [1.807, 2.05) is 25.2 Å². The molecule has 0 aliphatic carbocycles. The van der Waals surface area contributed by atoms with E-state index in [9.17, 15) is 10.1 Å². The van der Waals surface area contributed by atoms with Gasteiger partial charge in [-0.3, -0.25) is 10.1 Å². The highest BCUT2D eigenvalue weighted by Gasteiger charge is 2.10. The van der Waals surface area contributed by atoms with Crippen LogP contribution in [-0.2, 0) is 6.54 Å². The molecular weight excluding hydrogens is 336 g/mol. The standard InChI is InChI=1S/C15H15BrN2O3/c1-10-7-12(18(19)20)4-6-15(10)21-13-5-3-11(9-17-2)14(16)8-13/h3-8,17H,9H2,1-2H3. The van der Waals surface area contributed by atoms with Crippen molar-refractivity contribution < 1.29 is 9.66 Å². The van der Waals surface area contributed by atoms with E-state index in [1.54, 1.807) is 13.0 Å². The molecule has 0 heterocycles. The second-order valence-corrected chi connectivity index (χ2v) is 5.45. The molecule has 0 saturated carbocycles. The maximum atomic E-state index is 10.7. The number of hydrogen-bond acceptors (Lipinski definition) is 4. The number of nitrogens with one attached hydrogen (secondary N) is 1. The highest BCUT2D eigenvalue weighted by molar-refractivity contribution is 9.10. The van der Waals surface area contributed by atoms with Crippen molar-refractivity contribution in [3.8, 4) is 11.5 Å². The Labute approximate surface area is 131 Å². The SMILES string of the molecule is CNCc1ccc(Oc2ccc([N+](=O)[O-])cc2C)cc1Br. The number of nitrogens with zero attached hydrogens (tertiary/aromatic N) is 1. The first-order valence-corrected chi connectivity index (χ1v) is 7.16. The molecule has 2 aromatic carbocycles. The van der Waals surface area contributed by atoms with Crippen LogP contribution >= 0.6 is 15.9 Å². The molecule has 0 fully saturated rings. The van der Waals surface area contributed by atoms with Crippen LogP contribution < -0.4 is 10.1 Å². The Morgan fingerprint density at radius 1 is 1.29 bits per heavy atom. The van der Waals surface area contributed by atoms with Gasteiger partial charge in [-0.15, -0.1) is 0 Å². The Bertz CT molecular complexity index is 674. The van der Waals surface area contributed by atoms with Gasteiger partial charge in [-0.05, 0) is 43.3 Å². The van der Waals surface area contributed by atoms with Gasteiger partial charge in [-0.2, -0.15) is 0 Å². The fourth-order valence-electron chi connectivity index (χ4n) is 1.91. The molecule has 21 heavy (non-hydrogen) atoms. The number of benzene rings is 2. The Hall–Kier alpha value is -1.92. The number of non-ortho nitro benzene ring substituents is 1. The number of rotatable bonds is 5. The lowest BCUT2D eigenvalue weighted by Crippen LogP contribution is -2.05. The quantitative estimate of drug-likeness (QED) is 0.648. The fourth-order valence-corrected chi connectivity index (χ4v) is 2.41. The lowest BCUT2D eigenvalue weighted by atomic mass is 10.2. The van der Waals surface area contributed by atoms with Gasteiger partial charge in [-0.1, -0.05) is 22.0 Å². The van der Waals surface area contributed by atoms with Crippen LogP contribution in [0.3, 0.4) is 0 Å². The molecule has 5 nitrogen and oxygen atoms in total. The van der Waals surface area contributed by atoms with Crippen molar-refractivity contribution in [2.24, 2.45) is 0 Å². The van der Waals surface area contributed by atoms with Crippen LogP contribution in [0, 0.1) is 17.0 Å². The smallest absolute Gasteiger partial charge is 0.269 e. The Kier molecular flexibility index (Phi) is 4.93. The average Bonchev–Trinajstić information content (AvgIpc) is 2.44. The van der Waals surface area contributed by atoms with Crippen molar-refractivity contribution in [2.45, 2.75) is 13.5 Å². The van der Waals surface area contributed by atoms with E-state index in [0.29, 0.717) is 11.5 Å². The van der Waals surface area contributed by atoms with Crippen molar-refractivity contribution in [3.05, 3.63) is 62.1 Å². The minimum absolute atomic E-state index is 0.0606. The van der Waals surface area contributed by atoms with E-state index >= 15 is 0 Å². The summed E-state index contributed by atoms with van der Waals surface area (Å²) in [6.45, 7) is 2.55. The molecule has 0 saturated heterocycles. The molecule has 0 aromatic heterocycles. The van der Waals surface area contributed by atoms with Crippen molar-refractivity contribution >= 4 is 21.6 Å². The topological polar surface area (TPSA) is 64.4 Å². The second-order valence-electron chi connectivity index (χ2n) is 4.59. The monoisotopic (exact) mass is 350 g/mol. The molecule has 1 N–H and O–H groups in total. The van der Waals surface area contributed by atoms with Crippen LogP contribution in [0.5, 0.6) is 11.5 Å². The van der Waals surface area contributed by atoms with Crippen LogP contribution in [0.2, 0.25) is 0 Å². The molecule has 2 rings (SSSR count). The number of nitro benzene ring substituents is 1. The van der Waals surface area contributed by atoms with E-state index in [0.717, 1.165) is 22.1 Å². The number of hydrogen-bond donors (Lipinski definition) is 1. The van der Waals surface area contributed by atoms with Gasteiger partial charge in [0.25, 0.3) is 5.69 Å². The van der Waals surface area contributed by atoms with Gasteiger partial charge in [0.1, 0.15) is 11.5 Å². The third kappa shape index (κ3) is 3.80. The summed E-state index contributed by atoms with van der Waals surface area (Å²) in [6, 6.07) is 10.3. The zero-order valence-corrected chi connectivity index (χ0v) is 13.3. The van der Waals surface area contributed by atoms with Crippen LogP contribution in [0.25, 0.3) is 0 Å². The molecule has 0 radical (unpaired) electrons. The van der Waals surface area contributed by atoms with E-state index in [-0.39, 0.29) is 5.69 Å². The summed E-state index contributed by atoms with van der Waals surface area (Å²) in [5.41, 5.74) is 1.91. The fraction of sp³-hybridized carbons (Fsp3) is 0.200. The van der Waals surface area contributed by atoms with Gasteiger partial charge in [0.05, 0.1) is 4.92 Å². The Morgan fingerprint density at radius 3 is 2.62 bits per heavy atom. The maximum Gasteiger partial charge on any atom is 0.269 e. The van der Waals surface area contributed by atoms with Crippen molar-refractivity contribution in [1.82, 2.24) is 5.32 Å². The third-order valence-corrected chi connectivity index (χ3v) is 3.73. The highest BCUT2D eigenvalue weighted by Crippen LogP contribution is 2.30. The summed E-state index contributed by atoms with van der Waals surface area (Å²) in [5.74, 6) is 1.28. The predicted molar refractivity (Wildman–Crippen MR) is 84.8 cm³/mol. The molecule has 0 aliphatic rings. The average molecular weight is 351 g/mol. The van der Waals surface area contributed by atoms with E-state index in [1.165, 1.54) is 12.1 Å². The number of nitro groups is 1. The summed E-state index contributed by atoms with van der Waals surface area (Å²) in [7, 11) is 1.89. The first-order valence-electron chi connectivity index (χ1n) is 6.37. The van der Waals surface area contributed by atoms with Crippen LogP contribution in [0.1, 0.15) is 11.1 Å². The largest absolute Gasteiger partial charge is 0.457 e. The highest BCUT2D eigenvalue weighted by atomic mass is 79.9. The first kappa shape index (κ1) is 15.5. The Morgan fingerprint density at radius 2 is 2.05 bits per heavy atom. The summed E-state index contributed by atoms with van der Waals surface area (Å²) in [5, 5.41) is 13.8. The van der Waals surface area contributed by atoms with Gasteiger partial charge in [-0.25, -0.2) is 0 Å². The van der Waals surface area contributed by atoms with Gasteiger partial charge in [0.15, 0.2) is 0 Å². The Balaban J connectivity index is 2.22. The van der Waals surface area contributed by atoms with Gasteiger partial charge < -0.3 is 10.1 Å². The van der Waals surface area contributed by atoms with Crippen LogP contribution in [0.4, 0.5) is 5.69 Å². The maximum absolute atomic E-state index is 10.7. The van der Waals surface area contributed by atoms with Crippen molar-refractivity contribution in [1.29, 1.82) is 0 Å². The summed E-state index contributed by atoms with van der Waals surface area (Å²) in [6.07, 6.45) is 0. The lowest BCUT2D eigenvalue weighted by Gasteiger charge is -2.10. The van der Waals surface area contributed by atoms with Crippen LogP contribution in [0.15, 0.2) is 40.9 Å². The van der Waals surface area contributed by atoms with E-state index in [2.05, 4.69) is 21.2 Å². The molecule has 6 heteroatoms. The molecule has 0 aliphatic heterocycles. The molecule has 0 atom stereocenters. The van der Waals surface area contributed by atoms with Gasteiger partial charge >= 0.3 is 0 Å². The minimum Gasteiger partial charge on any atom is -0.457 e.